The van der Waals surface area contributed by atoms with Crippen LogP contribution < -0.4 is 10.6 Å². The maximum Gasteiger partial charge on any atom is 0.0250 e. The Morgan fingerprint density at radius 1 is 1.64 bits per heavy atom. The Hall–Kier alpha value is -0.340. The van der Waals surface area contributed by atoms with E-state index in [-0.39, 0.29) is 5.54 Å². The highest BCUT2D eigenvalue weighted by atomic mass is 15.1. The van der Waals surface area contributed by atoms with Crippen molar-refractivity contribution in [2.24, 2.45) is 0 Å². The van der Waals surface area contributed by atoms with Gasteiger partial charge in [-0.25, -0.2) is 0 Å². The normalized spacial score (nSPS) is 29.8. The number of piperazine rings is 1. The smallest absolute Gasteiger partial charge is 0.0250 e. The van der Waals surface area contributed by atoms with Crippen LogP contribution in [0.25, 0.3) is 0 Å². The van der Waals surface area contributed by atoms with E-state index in [1.54, 1.807) is 0 Å². The Morgan fingerprint density at radius 3 is 2.82 bits per heavy atom. The van der Waals surface area contributed by atoms with Crippen LogP contribution in [-0.2, 0) is 0 Å². The molecule has 1 fully saturated rings. The summed E-state index contributed by atoms with van der Waals surface area (Å²) >= 11 is 0. The Bertz CT molecular complexity index is 130. The van der Waals surface area contributed by atoms with Gasteiger partial charge in [-0.15, -0.1) is 6.58 Å². The maximum absolute atomic E-state index is 3.72. The second kappa shape index (κ2) is 3.37. The summed E-state index contributed by atoms with van der Waals surface area (Å²) in [5, 5.41) is 6.96. The van der Waals surface area contributed by atoms with E-state index in [0.717, 1.165) is 19.5 Å². The molecule has 1 atom stereocenters. The van der Waals surface area contributed by atoms with Crippen LogP contribution in [0.2, 0.25) is 0 Å². The highest BCUT2D eigenvalue weighted by molar-refractivity contribution is 4.91. The summed E-state index contributed by atoms with van der Waals surface area (Å²) in [7, 11) is 0. The van der Waals surface area contributed by atoms with E-state index in [2.05, 4.69) is 31.1 Å². The van der Waals surface area contributed by atoms with Crippen LogP contribution in [0.4, 0.5) is 0 Å². The van der Waals surface area contributed by atoms with Gasteiger partial charge in [0, 0.05) is 24.7 Å². The number of rotatable bonds is 2. The highest BCUT2D eigenvalue weighted by Gasteiger charge is 2.24. The van der Waals surface area contributed by atoms with Gasteiger partial charge >= 0.3 is 0 Å². The summed E-state index contributed by atoms with van der Waals surface area (Å²) < 4.78 is 0. The monoisotopic (exact) mass is 154 g/mol. The molecule has 0 amide bonds. The first kappa shape index (κ1) is 8.75. The van der Waals surface area contributed by atoms with Gasteiger partial charge in [0.05, 0.1) is 0 Å². The van der Waals surface area contributed by atoms with E-state index in [4.69, 9.17) is 0 Å². The fraction of sp³-hybridized carbons (Fsp3) is 0.778. The lowest BCUT2D eigenvalue weighted by atomic mass is 10.00. The molecule has 2 nitrogen and oxygen atoms in total. The van der Waals surface area contributed by atoms with E-state index < -0.39 is 0 Å². The van der Waals surface area contributed by atoms with Crippen molar-refractivity contribution in [1.82, 2.24) is 10.6 Å². The Kier molecular flexibility index (Phi) is 2.68. The molecule has 0 aromatic heterocycles. The van der Waals surface area contributed by atoms with E-state index in [1.807, 2.05) is 6.08 Å². The molecular weight excluding hydrogens is 136 g/mol. The van der Waals surface area contributed by atoms with E-state index in [1.165, 1.54) is 0 Å². The molecule has 1 saturated heterocycles. The molecule has 0 saturated carbocycles. The molecule has 0 radical (unpaired) electrons. The molecule has 1 rings (SSSR count). The highest BCUT2D eigenvalue weighted by Crippen LogP contribution is 2.07. The molecule has 1 aliphatic heterocycles. The van der Waals surface area contributed by atoms with Crippen molar-refractivity contribution in [2.75, 3.05) is 13.1 Å². The Morgan fingerprint density at radius 2 is 2.36 bits per heavy atom. The molecule has 0 bridgehead atoms. The van der Waals surface area contributed by atoms with E-state index >= 15 is 0 Å². The van der Waals surface area contributed by atoms with Gasteiger partial charge in [-0.05, 0) is 20.3 Å². The average Bonchev–Trinajstić information content (AvgIpc) is 1.94. The largest absolute Gasteiger partial charge is 0.311 e. The molecular formula is C9H18N2. The van der Waals surface area contributed by atoms with Crippen LogP contribution in [0.5, 0.6) is 0 Å². The van der Waals surface area contributed by atoms with Crippen molar-refractivity contribution >= 4 is 0 Å². The molecule has 0 spiro atoms. The molecule has 64 valence electrons. The van der Waals surface area contributed by atoms with Crippen LogP contribution in [-0.4, -0.2) is 24.7 Å². The first-order valence-corrected chi connectivity index (χ1v) is 4.23. The zero-order valence-corrected chi connectivity index (χ0v) is 7.48. The predicted molar refractivity (Wildman–Crippen MR) is 48.7 cm³/mol. The average molecular weight is 154 g/mol. The molecule has 0 aromatic rings. The lowest BCUT2D eigenvalue weighted by Gasteiger charge is -2.36. The van der Waals surface area contributed by atoms with Crippen molar-refractivity contribution in [1.29, 1.82) is 0 Å². The molecule has 1 heterocycles. The van der Waals surface area contributed by atoms with Crippen molar-refractivity contribution in [3.63, 3.8) is 0 Å². The second-order valence-corrected chi connectivity index (χ2v) is 3.87. The third-order valence-corrected chi connectivity index (χ3v) is 2.11. The van der Waals surface area contributed by atoms with Crippen LogP contribution in [0.1, 0.15) is 20.3 Å². The number of nitrogens with one attached hydrogen (secondary N) is 2. The summed E-state index contributed by atoms with van der Waals surface area (Å²) in [6.07, 6.45) is 3.03. The van der Waals surface area contributed by atoms with Crippen LogP contribution >= 0.6 is 0 Å². The summed E-state index contributed by atoms with van der Waals surface area (Å²) in [5.41, 5.74) is 0.262. The van der Waals surface area contributed by atoms with Gasteiger partial charge in [0.15, 0.2) is 0 Å². The zero-order valence-electron chi connectivity index (χ0n) is 7.48. The SMILES string of the molecule is C=CCC1CNC(C)(C)CN1. The summed E-state index contributed by atoms with van der Waals surface area (Å²) in [6, 6.07) is 0.584. The molecule has 1 unspecified atom stereocenters. The van der Waals surface area contributed by atoms with Gasteiger partial charge in [-0.3, -0.25) is 0 Å². The van der Waals surface area contributed by atoms with Crippen LogP contribution in [0.3, 0.4) is 0 Å². The zero-order chi connectivity index (χ0) is 8.32. The van der Waals surface area contributed by atoms with Crippen molar-refractivity contribution in [3.05, 3.63) is 12.7 Å². The fourth-order valence-electron chi connectivity index (χ4n) is 1.30. The van der Waals surface area contributed by atoms with Crippen LogP contribution in [0.15, 0.2) is 12.7 Å². The Balaban J connectivity index is 2.30. The standard InChI is InChI=1S/C9H18N2/c1-4-5-8-6-11-9(2,3)7-10-8/h4,8,10-11H,1,5-7H2,2-3H3. The predicted octanol–water partition coefficient (Wildman–Crippen LogP) is 0.902. The van der Waals surface area contributed by atoms with Crippen molar-refractivity contribution in [3.8, 4) is 0 Å². The first-order valence-electron chi connectivity index (χ1n) is 4.23. The summed E-state index contributed by atoms with van der Waals surface area (Å²) in [4.78, 5) is 0. The van der Waals surface area contributed by atoms with E-state index in [0.29, 0.717) is 6.04 Å². The lowest BCUT2D eigenvalue weighted by molar-refractivity contribution is 0.273. The minimum absolute atomic E-state index is 0.262. The quantitative estimate of drug-likeness (QED) is 0.577. The third kappa shape index (κ3) is 2.64. The molecule has 0 aromatic carbocycles. The molecule has 0 aliphatic carbocycles. The van der Waals surface area contributed by atoms with Crippen molar-refractivity contribution < 1.29 is 0 Å². The maximum atomic E-state index is 3.72. The van der Waals surface area contributed by atoms with Gasteiger partial charge in [0.25, 0.3) is 0 Å². The first-order chi connectivity index (χ1) is 5.14. The van der Waals surface area contributed by atoms with Gasteiger partial charge < -0.3 is 10.6 Å². The summed E-state index contributed by atoms with van der Waals surface area (Å²) in [6.45, 7) is 10.2. The molecule has 11 heavy (non-hydrogen) atoms. The minimum atomic E-state index is 0.262. The summed E-state index contributed by atoms with van der Waals surface area (Å²) in [5.74, 6) is 0. The van der Waals surface area contributed by atoms with Gasteiger partial charge in [0.1, 0.15) is 0 Å². The molecule has 2 heteroatoms. The van der Waals surface area contributed by atoms with E-state index in [9.17, 15) is 0 Å². The molecule has 2 N–H and O–H groups in total. The van der Waals surface area contributed by atoms with Gasteiger partial charge in [-0.2, -0.15) is 0 Å². The third-order valence-electron chi connectivity index (χ3n) is 2.11. The lowest BCUT2D eigenvalue weighted by Crippen LogP contribution is -2.59. The Labute approximate surface area is 69.1 Å². The minimum Gasteiger partial charge on any atom is -0.311 e. The van der Waals surface area contributed by atoms with Crippen molar-refractivity contribution in [2.45, 2.75) is 31.8 Å². The topological polar surface area (TPSA) is 24.1 Å². The molecule has 1 aliphatic rings. The van der Waals surface area contributed by atoms with Crippen LogP contribution in [0, 0.1) is 0 Å². The number of hydrogen-bond acceptors (Lipinski definition) is 2. The van der Waals surface area contributed by atoms with Gasteiger partial charge in [0.2, 0.25) is 0 Å². The van der Waals surface area contributed by atoms with Gasteiger partial charge in [-0.1, -0.05) is 6.08 Å². The second-order valence-electron chi connectivity index (χ2n) is 3.87. The fourth-order valence-corrected chi connectivity index (χ4v) is 1.30. The number of hydrogen-bond donors (Lipinski definition) is 2.